The van der Waals surface area contributed by atoms with Crippen LogP contribution >= 0.6 is 11.8 Å². The van der Waals surface area contributed by atoms with Crippen LogP contribution in [-0.2, 0) is 11.8 Å². The summed E-state index contributed by atoms with van der Waals surface area (Å²) in [7, 11) is 1.97. The van der Waals surface area contributed by atoms with Crippen LogP contribution in [0.3, 0.4) is 0 Å². The summed E-state index contributed by atoms with van der Waals surface area (Å²) in [6, 6.07) is 10.1. The van der Waals surface area contributed by atoms with E-state index in [1.807, 2.05) is 41.9 Å². The largest absolute Gasteiger partial charge is 0.410 e. The zero-order valence-electron chi connectivity index (χ0n) is 13.8. The number of amides is 1. The number of aryl methyl sites for hydroxylation is 1. The number of nitrogens with one attached hydrogen (secondary N) is 1. The smallest absolute Gasteiger partial charge is 0.277 e. The van der Waals surface area contributed by atoms with Crippen LogP contribution in [-0.4, -0.2) is 33.0 Å². The summed E-state index contributed by atoms with van der Waals surface area (Å²) in [4.78, 5) is 11.7. The first-order valence-electron chi connectivity index (χ1n) is 7.97. The van der Waals surface area contributed by atoms with Crippen LogP contribution in [0.25, 0.3) is 22.5 Å². The van der Waals surface area contributed by atoms with Gasteiger partial charge < -0.3 is 14.3 Å². The van der Waals surface area contributed by atoms with Gasteiger partial charge in [-0.3, -0.25) is 4.79 Å². The Balaban J connectivity index is 1.66. The lowest BCUT2D eigenvalue weighted by molar-refractivity contribution is -0.118. The average Bonchev–Trinajstić information content (AvgIpc) is 3.18. The highest BCUT2D eigenvalue weighted by molar-refractivity contribution is 7.99. The fraction of sp³-hybridized carbons (Fsp3) is 0.353. The van der Waals surface area contributed by atoms with E-state index in [0.717, 1.165) is 29.4 Å². The standard InChI is InChI=1S/C17H20N4O2S/c1-3-4-9-18-15(22)11-24-17-20-19-16(23-17)14-10-12-7-5-6-8-13(12)21(14)2/h5-8,10H,3-4,9,11H2,1-2H3,(H,18,22). The summed E-state index contributed by atoms with van der Waals surface area (Å²) in [5.41, 5.74) is 1.97. The van der Waals surface area contributed by atoms with Crippen molar-refractivity contribution in [3.8, 4) is 11.6 Å². The Kier molecular flexibility index (Phi) is 5.20. The van der Waals surface area contributed by atoms with Gasteiger partial charge in [-0.15, -0.1) is 10.2 Å². The van der Waals surface area contributed by atoms with Crippen LogP contribution in [0.2, 0.25) is 0 Å². The van der Waals surface area contributed by atoms with Crippen molar-refractivity contribution in [2.75, 3.05) is 12.3 Å². The van der Waals surface area contributed by atoms with E-state index in [1.54, 1.807) is 0 Å². The molecule has 1 N–H and O–H groups in total. The number of carbonyl (C=O) groups excluding carboxylic acids is 1. The van der Waals surface area contributed by atoms with Gasteiger partial charge in [0.25, 0.3) is 11.1 Å². The first-order valence-corrected chi connectivity index (χ1v) is 8.95. The third-order valence-corrected chi connectivity index (χ3v) is 4.57. The van der Waals surface area contributed by atoms with Crippen LogP contribution in [0, 0.1) is 0 Å². The number of unbranched alkanes of at least 4 members (excludes halogenated alkanes) is 1. The molecule has 6 nitrogen and oxygen atoms in total. The molecule has 3 aromatic rings. The maximum atomic E-state index is 11.7. The van der Waals surface area contributed by atoms with Gasteiger partial charge >= 0.3 is 0 Å². The third kappa shape index (κ3) is 3.62. The van der Waals surface area contributed by atoms with Gasteiger partial charge in [0.15, 0.2) is 0 Å². The van der Waals surface area contributed by atoms with Gasteiger partial charge in [-0.05, 0) is 18.6 Å². The molecule has 24 heavy (non-hydrogen) atoms. The Morgan fingerprint density at radius 1 is 1.33 bits per heavy atom. The molecule has 2 aromatic heterocycles. The van der Waals surface area contributed by atoms with Gasteiger partial charge in [0.2, 0.25) is 5.91 Å². The SMILES string of the molecule is CCCCNC(=O)CSc1nnc(-c2cc3ccccc3n2C)o1. The topological polar surface area (TPSA) is 73.0 Å². The highest BCUT2D eigenvalue weighted by atomic mass is 32.2. The molecule has 0 spiro atoms. The molecule has 2 heterocycles. The van der Waals surface area contributed by atoms with E-state index < -0.39 is 0 Å². The van der Waals surface area contributed by atoms with E-state index in [4.69, 9.17) is 4.42 Å². The minimum Gasteiger partial charge on any atom is -0.410 e. The van der Waals surface area contributed by atoms with Gasteiger partial charge in [-0.2, -0.15) is 0 Å². The van der Waals surface area contributed by atoms with E-state index in [-0.39, 0.29) is 11.7 Å². The molecule has 0 saturated carbocycles. The monoisotopic (exact) mass is 344 g/mol. The number of hydrogen-bond donors (Lipinski definition) is 1. The number of hydrogen-bond acceptors (Lipinski definition) is 5. The summed E-state index contributed by atoms with van der Waals surface area (Å²) >= 11 is 1.25. The molecule has 0 aliphatic heterocycles. The number of fused-ring (bicyclic) bond motifs is 1. The summed E-state index contributed by atoms with van der Waals surface area (Å²) in [6.07, 6.45) is 2.05. The van der Waals surface area contributed by atoms with Crippen molar-refractivity contribution < 1.29 is 9.21 Å². The van der Waals surface area contributed by atoms with Crippen molar-refractivity contribution in [1.29, 1.82) is 0 Å². The molecule has 0 fully saturated rings. The minimum absolute atomic E-state index is 0.0159. The Morgan fingerprint density at radius 3 is 2.96 bits per heavy atom. The molecule has 0 aliphatic carbocycles. The first-order chi connectivity index (χ1) is 11.7. The van der Waals surface area contributed by atoms with Crippen LogP contribution in [0.4, 0.5) is 0 Å². The minimum atomic E-state index is -0.0159. The van der Waals surface area contributed by atoms with E-state index in [1.165, 1.54) is 11.8 Å². The molecule has 7 heteroatoms. The molecule has 1 amide bonds. The lowest BCUT2D eigenvalue weighted by Gasteiger charge is -2.01. The molecule has 0 saturated heterocycles. The Labute approximate surface area is 144 Å². The summed E-state index contributed by atoms with van der Waals surface area (Å²) < 4.78 is 7.72. The highest BCUT2D eigenvalue weighted by Crippen LogP contribution is 2.28. The normalized spacial score (nSPS) is 11.1. The Bertz CT molecular complexity index is 840. The zero-order valence-corrected chi connectivity index (χ0v) is 14.6. The van der Waals surface area contributed by atoms with Gasteiger partial charge in [0, 0.05) is 24.5 Å². The number of benzene rings is 1. The molecule has 1 aromatic carbocycles. The van der Waals surface area contributed by atoms with Crippen LogP contribution in [0.1, 0.15) is 19.8 Å². The lowest BCUT2D eigenvalue weighted by atomic mass is 10.2. The van der Waals surface area contributed by atoms with Crippen molar-refractivity contribution >= 4 is 28.6 Å². The van der Waals surface area contributed by atoms with Gasteiger partial charge in [0.1, 0.15) is 5.69 Å². The van der Waals surface area contributed by atoms with Crippen molar-refractivity contribution in [2.45, 2.75) is 25.0 Å². The predicted octanol–water partition coefficient (Wildman–Crippen LogP) is 3.24. The van der Waals surface area contributed by atoms with Crippen molar-refractivity contribution in [3.05, 3.63) is 30.3 Å². The van der Waals surface area contributed by atoms with E-state index in [9.17, 15) is 4.79 Å². The predicted molar refractivity (Wildman–Crippen MR) is 94.9 cm³/mol. The maximum Gasteiger partial charge on any atom is 0.277 e. The van der Waals surface area contributed by atoms with Crippen LogP contribution < -0.4 is 5.32 Å². The van der Waals surface area contributed by atoms with Crippen molar-refractivity contribution in [2.24, 2.45) is 7.05 Å². The van der Waals surface area contributed by atoms with Gasteiger partial charge in [-0.25, -0.2) is 0 Å². The van der Waals surface area contributed by atoms with Gasteiger partial charge in [-0.1, -0.05) is 43.3 Å². The Hall–Kier alpha value is -2.28. The molecule has 0 radical (unpaired) electrons. The second kappa shape index (κ2) is 7.53. The first kappa shape index (κ1) is 16.6. The number of rotatable bonds is 7. The number of nitrogens with zero attached hydrogens (tertiary/aromatic N) is 3. The number of aromatic nitrogens is 3. The van der Waals surface area contributed by atoms with Crippen molar-refractivity contribution in [3.63, 3.8) is 0 Å². The fourth-order valence-electron chi connectivity index (χ4n) is 2.45. The summed E-state index contributed by atoms with van der Waals surface area (Å²) in [5.74, 6) is 0.723. The maximum absolute atomic E-state index is 11.7. The van der Waals surface area contributed by atoms with Crippen LogP contribution in [0.5, 0.6) is 0 Å². The third-order valence-electron chi connectivity index (χ3n) is 3.76. The Morgan fingerprint density at radius 2 is 2.17 bits per heavy atom. The fourth-order valence-corrected chi connectivity index (χ4v) is 3.04. The summed E-state index contributed by atoms with van der Waals surface area (Å²) in [5, 5.41) is 12.5. The molecule has 0 unspecified atom stereocenters. The molecule has 126 valence electrons. The molecule has 0 atom stereocenters. The van der Waals surface area contributed by atoms with E-state index in [0.29, 0.717) is 17.7 Å². The lowest BCUT2D eigenvalue weighted by Crippen LogP contribution is -2.25. The zero-order chi connectivity index (χ0) is 16.9. The highest BCUT2D eigenvalue weighted by Gasteiger charge is 2.15. The number of thioether (sulfide) groups is 1. The number of para-hydroxylation sites is 1. The van der Waals surface area contributed by atoms with E-state index >= 15 is 0 Å². The molecule has 0 aliphatic rings. The number of carbonyl (C=O) groups is 1. The molecular formula is C17H20N4O2S. The van der Waals surface area contributed by atoms with Gasteiger partial charge in [0.05, 0.1) is 5.75 Å². The molecule has 3 rings (SSSR count). The molecular weight excluding hydrogens is 324 g/mol. The second-order valence-corrected chi connectivity index (χ2v) is 6.44. The van der Waals surface area contributed by atoms with Crippen LogP contribution in [0.15, 0.2) is 40.0 Å². The van der Waals surface area contributed by atoms with Crippen molar-refractivity contribution in [1.82, 2.24) is 20.1 Å². The second-order valence-electron chi connectivity index (χ2n) is 5.51. The molecule has 0 bridgehead atoms. The summed E-state index contributed by atoms with van der Waals surface area (Å²) in [6.45, 7) is 2.80. The van der Waals surface area contributed by atoms with E-state index in [2.05, 4.69) is 22.4 Å². The average molecular weight is 344 g/mol. The quantitative estimate of drug-likeness (QED) is 0.526.